The summed E-state index contributed by atoms with van der Waals surface area (Å²) in [7, 11) is 0. The third-order valence-electron chi connectivity index (χ3n) is 5.34. The van der Waals surface area contributed by atoms with Gasteiger partial charge in [0.1, 0.15) is 0 Å². The van der Waals surface area contributed by atoms with Gasteiger partial charge in [-0.25, -0.2) is 0 Å². The van der Waals surface area contributed by atoms with Crippen molar-refractivity contribution in [3.63, 3.8) is 0 Å². The van der Waals surface area contributed by atoms with Gasteiger partial charge in [-0.2, -0.15) is 0 Å². The number of carbonyl (C=O) groups is 1. The molecule has 1 saturated carbocycles. The van der Waals surface area contributed by atoms with E-state index in [1.165, 1.54) is 12.0 Å². The lowest BCUT2D eigenvalue weighted by Gasteiger charge is -2.43. The Bertz CT molecular complexity index is 536. The predicted octanol–water partition coefficient (Wildman–Crippen LogP) is 2.60. The molecule has 1 aliphatic heterocycles. The lowest BCUT2D eigenvalue weighted by molar-refractivity contribution is -0.128. The summed E-state index contributed by atoms with van der Waals surface area (Å²) in [6, 6.07) is 7.98. The first kappa shape index (κ1) is 16.7. The Morgan fingerprint density at radius 1 is 1.30 bits per heavy atom. The van der Waals surface area contributed by atoms with Crippen LogP contribution in [0.25, 0.3) is 0 Å². The molecule has 1 heterocycles. The number of ether oxygens (including phenoxy) is 1. The largest absolute Gasteiger partial charge is 0.379 e. The molecule has 2 fully saturated rings. The van der Waals surface area contributed by atoms with Crippen molar-refractivity contribution < 1.29 is 9.53 Å². The number of rotatable bonds is 5. The molecular formula is C18H25ClN2O2. The number of nitrogens with one attached hydrogen (secondary N) is 1. The summed E-state index contributed by atoms with van der Waals surface area (Å²) in [5.74, 6) is 0.118. The van der Waals surface area contributed by atoms with Crippen molar-refractivity contribution >= 4 is 17.5 Å². The van der Waals surface area contributed by atoms with E-state index in [-0.39, 0.29) is 17.4 Å². The first-order chi connectivity index (χ1) is 11.1. The summed E-state index contributed by atoms with van der Waals surface area (Å²) >= 11 is 5.99. The molecule has 1 unspecified atom stereocenters. The first-order valence-electron chi connectivity index (χ1n) is 8.46. The smallest absolute Gasteiger partial charge is 0.237 e. The summed E-state index contributed by atoms with van der Waals surface area (Å²) in [6.07, 6.45) is 3.47. The minimum Gasteiger partial charge on any atom is -0.379 e. The minimum absolute atomic E-state index is 0.0883. The second-order valence-corrected chi connectivity index (χ2v) is 7.12. The van der Waals surface area contributed by atoms with Gasteiger partial charge in [0.15, 0.2) is 0 Å². The number of carbonyl (C=O) groups excluding carboxylic acids is 1. The standard InChI is InChI=1S/C18H25ClN2O2/c1-14(21-9-11-23-12-10-21)17(22)20-13-18(7-2-8-18)15-3-5-16(19)6-4-15/h3-6,14H,2,7-13H2,1H3,(H,20,22). The molecule has 0 bridgehead atoms. The normalized spacial score (nSPS) is 22.2. The number of nitrogens with zero attached hydrogens (tertiary/aromatic N) is 1. The van der Waals surface area contributed by atoms with E-state index in [1.807, 2.05) is 19.1 Å². The summed E-state index contributed by atoms with van der Waals surface area (Å²) in [6.45, 7) is 5.78. The first-order valence-corrected chi connectivity index (χ1v) is 8.84. The van der Waals surface area contributed by atoms with Crippen molar-refractivity contribution in [1.29, 1.82) is 0 Å². The van der Waals surface area contributed by atoms with Gasteiger partial charge in [0, 0.05) is 30.1 Å². The average molecular weight is 337 g/mol. The van der Waals surface area contributed by atoms with Crippen LogP contribution in [0.2, 0.25) is 5.02 Å². The molecule has 1 amide bonds. The molecular weight excluding hydrogens is 312 g/mol. The molecule has 3 rings (SSSR count). The minimum atomic E-state index is -0.0961. The average Bonchev–Trinajstić information content (AvgIpc) is 2.55. The molecule has 2 aliphatic rings. The molecule has 1 aromatic rings. The molecule has 0 radical (unpaired) electrons. The molecule has 1 atom stereocenters. The third kappa shape index (κ3) is 3.70. The van der Waals surface area contributed by atoms with Crippen LogP contribution in [0.3, 0.4) is 0 Å². The highest BCUT2D eigenvalue weighted by Crippen LogP contribution is 2.43. The van der Waals surface area contributed by atoms with Crippen LogP contribution in [0.5, 0.6) is 0 Å². The number of benzene rings is 1. The van der Waals surface area contributed by atoms with Crippen molar-refractivity contribution in [2.24, 2.45) is 0 Å². The Labute approximate surface area is 143 Å². The van der Waals surface area contributed by atoms with E-state index >= 15 is 0 Å². The maximum Gasteiger partial charge on any atom is 0.237 e. The van der Waals surface area contributed by atoms with Gasteiger partial charge < -0.3 is 10.1 Å². The number of hydrogen-bond donors (Lipinski definition) is 1. The molecule has 0 aromatic heterocycles. The molecule has 126 valence electrons. The van der Waals surface area contributed by atoms with Gasteiger partial charge in [0.25, 0.3) is 0 Å². The van der Waals surface area contributed by atoms with Crippen LogP contribution in [0.1, 0.15) is 31.7 Å². The molecule has 5 heteroatoms. The molecule has 0 spiro atoms. The fourth-order valence-corrected chi connectivity index (χ4v) is 3.64. The maximum atomic E-state index is 12.5. The van der Waals surface area contributed by atoms with Gasteiger partial charge in [-0.1, -0.05) is 30.2 Å². The van der Waals surface area contributed by atoms with Gasteiger partial charge >= 0.3 is 0 Å². The SMILES string of the molecule is CC(C(=O)NCC1(c2ccc(Cl)cc2)CCC1)N1CCOCC1. The van der Waals surface area contributed by atoms with E-state index in [0.717, 1.165) is 31.0 Å². The van der Waals surface area contributed by atoms with Crippen LogP contribution in [-0.4, -0.2) is 49.7 Å². The second-order valence-electron chi connectivity index (χ2n) is 6.68. The van der Waals surface area contributed by atoms with Crippen molar-refractivity contribution in [2.75, 3.05) is 32.8 Å². The van der Waals surface area contributed by atoms with E-state index in [0.29, 0.717) is 19.8 Å². The topological polar surface area (TPSA) is 41.6 Å². The second kappa shape index (κ2) is 7.20. The fraction of sp³-hybridized carbons (Fsp3) is 0.611. The summed E-state index contributed by atoms with van der Waals surface area (Å²) in [4.78, 5) is 14.7. The Morgan fingerprint density at radius 3 is 2.52 bits per heavy atom. The predicted molar refractivity (Wildman–Crippen MR) is 91.8 cm³/mol. The third-order valence-corrected chi connectivity index (χ3v) is 5.59. The fourth-order valence-electron chi connectivity index (χ4n) is 3.51. The summed E-state index contributed by atoms with van der Waals surface area (Å²) in [5, 5.41) is 3.94. The highest BCUT2D eigenvalue weighted by Gasteiger charge is 2.39. The van der Waals surface area contributed by atoms with Crippen LogP contribution in [0.4, 0.5) is 0 Å². The summed E-state index contributed by atoms with van der Waals surface area (Å²) in [5.41, 5.74) is 1.37. The van der Waals surface area contributed by atoms with E-state index < -0.39 is 0 Å². The molecule has 4 nitrogen and oxygen atoms in total. The van der Waals surface area contributed by atoms with Crippen molar-refractivity contribution in [3.05, 3.63) is 34.9 Å². The Balaban J connectivity index is 1.59. The Morgan fingerprint density at radius 2 is 1.96 bits per heavy atom. The summed E-state index contributed by atoms with van der Waals surface area (Å²) < 4.78 is 5.35. The van der Waals surface area contributed by atoms with Crippen LogP contribution >= 0.6 is 11.6 Å². The van der Waals surface area contributed by atoms with Gasteiger partial charge in [-0.05, 0) is 37.5 Å². The highest BCUT2D eigenvalue weighted by atomic mass is 35.5. The Hall–Kier alpha value is -1.10. The van der Waals surface area contributed by atoms with E-state index in [1.54, 1.807) is 0 Å². The van der Waals surface area contributed by atoms with E-state index in [2.05, 4.69) is 22.3 Å². The van der Waals surface area contributed by atoms with Crippen LogP contribution in [0.15, 0.2) is 24.3 Å². The van der Waals surface area contributed by atoms with E-state index in [4.69, 9.17) is 16.3 Å². The van der Waals surface area contributed by atoms with Crippen molar-refractivity contribution in [3.8, 4) is 0 Å². The monoisotopic (exact) mass is 336 g/mol. The number of hydrogen-bond acceptors (Lipinski definition) is 3. The van der Waals surface area contributed by atoms with E-state index in [9.17, 15) is 4.79 Å². The number of halogens is 1. The lowest BCUT2D eigenvalue weighted by Crippen LogP contribution is -2.53. The highest BCUT2D eigenvalue weighted by molar-refractivity contribution is 6.30. The number of amides is 1. The van der Waals surface area contributed by atoms with Gasteiger partial charge in [0.05, 0.1) is 19.3 Å². The zero-order chi connectivity index (χ0) is 16.3. The maximum absolute atomic E-state index is 12.5. The van der Waals surface area contributed by atoms with Crippen molar-refractivity contribution in [1.82, 2.24) is 10.2 Å². The van der Waals surface area contributed by atoms with Gasteiger partial charge in [0.2, 0.25) is 5.91 Å². The van der Waals surface area contributed by atoms with Crippen LogP contribution in [0, 0.1) is 0 Å². The van der Waals surface area contributed by atoms with Gasteiger partial charge in [-0.15, -0.1) is 0 Å². The van der Waals surface area contributed by atoms with Gasteiger partial charge in [-0.3, -0.25) is 9.69 Å². The van der Waals surface area contributed by atoms with Crippen LogP contribution in [-0.2, 0) is 14.9 Å². The number of morpholine rings is 1. The molecule has 1 aliphatic carbocycles. The lowest BCUT2D eigenvalue weighted by atomic mass is 9.64. The van der Waals surface area contributed by atoms with Crippen LogP contribution < -0.4 is 5.32 Å². The molecule has 1 N–H and O–H groups in total. The molecule has 23 heavy (non-hydrogen) atoms. The quantitative estimate of drug-likeness (QED) is 0.898. The van der Waals surface area contributed by atoms with Crippen molar-refractivity contribution in [2.45, 2.75) is 37.6 Å². The zero-order valence-electron chi connectivity index (χ0n) is 13.7. The zero-order valence-corrected chi connectivity index (χ0v) is 14.4. The molecule has 1 saturated heterocycles. The molecule has 1 aromatic carbocycles. The Kier molecular flexibility index (Phi) is 5.24.